The maximum absolute atomic E-state index is 3.46. The molecule has 0 radical (unpaired) electrons. The number of hydrogen-bond acceptors (Lipinski definition) is 3. The number of nitrogens with one attached hydrogen (secondary N) is 1. The second-order valence-corrected chi connectivity index (χ2v) is 4.77. The molecule has 1 aliphatic rings. The lowest BCUT2D eigenvalue weighted by Gasteiger charge is -2.24. The molecule has 0 atom stereocenters. The zero-order chi connectivity index (χ0) is 10.5. The van der Waals surface area contributed by atoms with E-state index in [4.69, 9.17) is 0 Å². The average molecular weight is 222 g/mol. The Morgan fingerprint density at radius 3 is 3.13 bits per heavy atom. The molecule has 3 heteroatoms. The standard InChI is InChI=1S/C12H18N2S/c1-15-9-8-14-7-6-13-10-11-4-2-3-5-12(11)14/h2-5,13H,6-10H2,1H3. The highest BCUT2D eigenvalue weighted by atomic mass is 32.2. The highest BCUT2D eigenvalue weighted by Crippen LogP contribution is 2.21. The summed E-state index contributed by atoms with van der Waals surface area (Å²) in [5.41, 5.74) is 2.84. The van der Waals surface area contributed by atoms with E-state index in [0.29, 0.717) is 0 Å². The van der Waals surface area contributed by atoms with Gasteiger partial charge >= 0.3 is 0 Å². The fourth-order valence-electron chi connectivity index (χ4n) is 1.96. The van der Waals surface area contributed by atoms with Crippen molar-refractivity contribution in [1.82, 2.24) is 5.32 Å². The third-order valence-electron chi connectivity index (χ3n) is 2.77. The number of nitrogens with zero attached hydrogens (tertiary/aromatic N) is 1. The summed E-state index contributed by atoms with van der Waals surface area (Å²) in [5, 5.41) is 3.46. The number of benzene rings is 1. The van der Waals surface area contributed by atoms with Crippen LogP contribution in [0.15, 0.2) is 24.3 Å². The molecule has 1 aliphatic heterocycles. The van der Waals surface area contributed by atoms with E-state index in [0.717, 1.165) is 26.2 Å². The first-order valence-electron chi connectivity index (χ1n) is 5.44. The molecule has 0 saturated carbocycles. The predicted octanol–water partition coefficient (Wildman–Crippen LogP) is 1.96. The van der Waals surface area contributed by atoms with Gasteiger partial charge in [0.05, 0.1) is 0 Å². The monoisotopic (exact) mass is 222 g/mol. The van der Waals surface area contributed by atoms with Gasteiger partial charge in [0.2, 0.25) is 0 Å². The van der Waals surface area contributed by atoms with E-state index in [1.54, 1.807) is 0 Å². The van der Waals surface area contributed by atoms with E-state index in [-0.39, 0.29) is 0 Å². The van der Waals surface area contributed by atoms with E-state index >= 15 is 0 Å². The molecule has 0 fully saturated rings. The summed E-state index contributed by atoms with van der Waals surface area (Å²) in [6.45, 7) is 4.37. The van der Waals surface area contributed by atoms with Crippen LogP contribution in [0, 0.1) is 0 Å². The first-order valence-corrected chi connectivity index (χ1v) is 6.83. The van der Waals surface area contributed by atoms with Gasteiger partial charge in [-0.1, -0.05) is 18.2 Å². The minimum Gasteiger partial charge on any atom is -0.369 e. The maximum atomic E-state index is 3.46. The van der Waals surface area contributed by atoms with E-state index in [1.165, 1.54) is 17.0 Å². The topological polar surface area (TPSA) is 15.3 Å². The highest BCUT2D eigenvalue weighted by molar-refractivity contribution is 7.98. The van der Waals surface area contributed by atoms with Crippen LogP contribution < -0.4 is 10.2 Å². The minimum absolute atomic E-state index is 1.01. The van der Waals surface area contributed by atoms with Gasteiger partial charge < -0.3 is 10.2 Å². The van der Waals surface area contributed by atoms with Crippen LogP contribution in [0.3, 0.4) is 0 Å². The van der Waals surface area contributed by atoms with Gasteiger partial charge in [0.25, 0.3) is 0 Å². The zero-order valence-corrected chi connectivity index (χ0v) is 10.0. The van der Waals surface area contributed by atoms with E-state index in [1.807, 2.05) is 11.8 Å². The molecular formula is C12H18N2S. The summed E-state index contributed by atoms with van der Waals surface area (Å²) in [4.78, 5) is 2.49. The molecule has 0 amide bonds. The molecule has 0 aliphatic carbocycles. The first kappa shape index (κ1) is 10.8. The van der Waals surface area contributed by atoms with Gasteiger partial charge in [-0.25, -0.2) is 0 Å². The molecular weight excluding hydrogens is 204 g/mol. The van der Waals surface area contributed by atoms with Gasteiger partial charge in [0.15, 0.2) is 0 Å². The minimum atomic E-state index is 1.01. The fraction of sp³-hybridized carbons (Fsp3) is 0.500. The molecule has 0 unspecified atom stereocenters. The van der Waals surface area contributed by atoms with Crippen molar-refractivity contribution in [2.45, 2.75) is 6.54 Å². The fourth-order valence-corrected chi connectivity index (χ4v) is 2.36. The van der Waals surface area contributed by atoms with Gasteiger partial charge in [-0.15, -0.1) is 0 Å². The van der Waals surface area contributed by atoms with Crippen molar-refractivity contribution in [2.75, 3.05) is 36.5 Å². The van der Waals surface area contributed by atoms with E-state index in [9.17, 15) is 0 Å². The number of hydrogen-bond donors (Lipinski definition) is 1. The molecule has 82 valence electrons. The molecule has 0 saturated heterocycles. The van der Waals surface area contributed by atoms with Crippen molar-refractivity contribution in [3.63, 3.8) is 0 Å². The smallest absolute Gasteiger partial charge is 0.0412 e. The van der Waals surface area contributed by atoms with Gasteiger partial charge in [-0.05, 0) is 17.9 Å². The average Bonchev–Trinajstić information content (AvgIpc) is 2.49. The normalized spacial score (nSPS) is 15.9. The Morgan fingerprint density at radius 1 is 1.40 bits per heavy atom. The molecule has 1 heterocycles. The van der Waals surface area contributed by atoms with Gasteiger partial charge in [-0.2, -0.15) is 11.8 Å². The van der Waals surface area contributed by atoms with Crippen molar-refractivity contribution >= 4 is 17.4 Å². The molecule has 2 nitrogen and oxygen atoms in total. The summed E-state index contributed by atoms with van der Waals surface area (Å²) in [7, 11) is 0. The van der Waals surface area contributed by atoms with Crippen LogP contribution in [-0.2, 0) is 6.54 Å². The molecule has 1 aromatic carbocycles. The van der Waals surface area contributed by atoms with Crippen LogP contribution >= 0.6 is 11.8 Å². The Hall–Kier alpha value is -0.670. The van der Waals surface area contributed by atoms with Crippen molar-refractivity contribution in [3.05, 3.63) is 29.8 Å². The molecule has 1 aromatic rings. The predicted molar refractivity (Wildman–Crippen MR) is 68.7 cm³/mol. The Kier molecular flexibility index (Phi) is 3.92. The van der Waals surface area contributed by atoms with Crippen molar-refractivity contribution in [2.24, 2.45) is 0 Å². The van der Waals surface area contributed by atoms with Gasteiger partial charge in [0, 0.05) is 37.6 Å². The third-order valence-corrected chi connectivity index (χ3v) is 3.36. The molecule has 0 spiro atoms. The summed E-state index contributed by atoms with van der Waals surface area (Å²) in [6, 6.07) is 8.72. The largest absolute Gasteiger partial charge is 0.369 e. The Balaban J connectivity index is 2.17. The second kappa shape index (κ2) is 5.42. The number of rotatable bonds is 3. The SMILES string of the molecule is CSCCN1CCNCc2ccccc21. The number of thioether (sulfide) groups is 1. The van der Waals surface area contributed by atoms with Crippen molar-refractivity contribution in [1.29, 1.82) is 0 Å². The molecule has 0 aromatic heterocycles. The van der Waals surface area contributed by atoms with Crippen LogP contribution in [0.4, 0.5) is 5.69 Å². The Labute approximate surface area is 96.0 Å². The summed E-state index contributed by atoms with van der Waals surface area (Å²) < 4.78 is 0. The number of para-hydroxylation sites is 1. The quantitative estimate of drug-likeness (QED) is 0.841. The van der Waals surface area contributed by atoms with Crippen LogP contribution in [0.1, 0.15) is 5.56 Å². The van der Waals surface area contributed by atoms with Gasteiger partial charge in [-0.3, -0.25) is 0 Å². The molecule has 1 N–H and O–H groups in total. The highest BCUT2D eigenvalue weighted by Gasteiger charge is 2.13. The van der Waals surface area contributed by atoms with Gasteiger partial charge in [0.1, 0.15) is 0 Å². The van der Waals surface area contributed by atoms with E-state index < -0.39 is 0 Å². The van der Waals surface area contributed by atoms with Crippen LogP contribution in [0.25, 0.3) is 0 Å². The maximum Gasteiger partial charge on any atom is 0.0412 e. The number of anilines is 1. The van der Waals surface area contributed by atoms with Crippen molar-refractivity contribution in [3.8, 4) is 0 Å². The summed E-state index contributed by atoms with van der Waals surface area (Å²) >= 11 is 1.91. The van der Waals surface area contributed by atoms with Crippen LogP contribution in [0.5, 0.6) is 0 Å². The Bertz CT molecular complexity index is 314. The zero-order valence-electron chi connectivity index (χ0n) is 9.20. The molecule has 15 heavy (non-hydrogen) atoms. The van der Waals surface area contributed by atoms with Crippen LogP contribution in [-0.4, -0.2) is 31.6 Å². The lowest BCUT2D eigenvalue weighted by Crippen LogP contribution is -2.30. The summed E-state index contributed by atoms with van der Waals surface area (Å²) in [5.74, 6) is 1.20. The Morgan fingerprint density at radius 2 is 2.27 bits per heavy atom. The van der Waals surface area contributed by atoms with Crippen molar-refractivity contribution < 1.29 is 0 Å². The lowest BCUT2D eigenvalue weighted by atomic mass is 10.1. The van der Waals surface area contributed by atoms with Crippen LogP contribution in [0.2, 0.25) is 0 Å². The summed E-state index contributed by atoms with van der Waals surface area (Å²) in [6.07, 6.45) is 2.17. The first-order chi connectivity index (χ1) is 7.42. The lowest BCUT2D eigenvalue weighted by molar-refractivity contribution is 0.696. The third kappa shape index (κ3) is 2.67. The number of fused-ring (bicyclic) bond motifs is 1. The molecule has 0 bridgehead atoms. The molecule has 2 rings (SSSR count). The second-order valence-electron chi connectivity index (χ2n) is 3.79. The van der Waals surface area contributed by atoms with E-state index in [2.05, 4.69) is 40.7 Å².